The molecule has 2 N–H and O–H groups in total. The molecule has 3 rings (SSSR count). The zero-order valence-corrected chi connectivity index (χ0v) is 28.9. The van der Waals surface area contributed by atoms with Crippen LogP contribution >= 0.6 is 0 Å². The summed E-state index contributed by atoms with van der Waals surface area (Å²) in [6, 6.07) is 8.53. The van der Waals surface area contributed by atoms with Gasteiger partial charge >= 0.3 is 0 Å². The molecule has 0 heterocycles. The molecule has 2 aromatic carbocycles. The van der Waals surface area contributed by atoms with Crippen LogP contribution in [-0.2, 0) is 39.0 Å². The topological polar surface area (TPSA) is 65.2 Å². The molecule has 1 aliphatic carbocycles. The molecule has 2 atom stereocenters. The van der Waals surface area contributed by atoms with Gasteiger partial charge in [-0.2, -0.15) is 0 Å². The van der Waals surface area contributed by atoms with E-state index in [0.29, 0.717) is 11.5 Å². The summed E-state index contributed by atoms with van der Waals surface area (Å²) in [5.74, 6) is 0.637. The smallest absolute Gasteiger partial charge is 0.128 e. The Morgan fingerprint density at radius 1 is 0.561 bits per heavy atom. The molecule has 2 unspecified atom stereocenters. The second-order valence-corrected chi connectivity index (χ2v) is 15.9. The van der Waals surface area contributed by atoms with Crippen molar-refractivity contribution in [3.05, 3.63) is 57.6 Å². The van der Waals surface area contributed by atoms with Crippen LogP contribution in [0.2, 0.25) is 0 Å². The van der Waals surface area contributed by atoms with Gasteiger partial charge in [0.15, 0.2) is 0 Å². The van der Waals surface area contributed by atoms with Crippen molar-refractivity contribution in [2.75, 3.05) is 0 Å². The van der Waals surface area contributed by atoms with Crippen LogP contribution in [0, 0.1) is 0 Å². The van der Waals surface area contributed by atoms with E-state index in [1.807, 2.05) is 12.4 Å². The Morgan fingerprint density at radius 3 is 1.15 bits per heavy atom. The number of aromatic hydroxyl groups is 2. The first-order valence-electron chi connectivity index (χ1n) is 15.0. The maximum absolute atomic E-state index is 11.2. The molecule has 1 aliphatic rings. The summed E-state index contributed by atoms with van der Waals surface area (Å²) >= 11 is 0. The monoisotopic (exact) mass is 598 g/mol. The number of phenolic OH excluding ortho intramolecular Hbond substituents is 2. The minimum Gasteiger partial charge on any atom is -0.507 e. The normalized spacial score (nSPS) is 19.1. The average Bonchev–Trinajstić information content (AvgIpc) is 2.80. The Balaban J connectivity index is 0.00000588. The predicted octanol–water partition coefficient (Wildman–Crippen LogP) is 9.13. The van der Waals surface area contributed by atoms with Crippen molar-refractivity contribution in [2.24, 2.45) is 9.98 Å². The summed E-state index contributed by atoms with van der Waals surface area (Å²) in [5, 5.41) is 22.5. The summed E-state index contributed by atoms with van der Waals surface area (Å²) in [4.78, 5) is 10.1. The molecule has 1 fully saturated rings. The van der Waals surface area contributed by atoms with E-state index in [-0.39, 0.29) is 51.1 Å². The summed E-state index contributed by atoms with van der Waals surface area (Å²) in [7, 11) is 0. The molecule has 0 bridgehead atoms. The largest absolute Gasteiger partial charge is 0.507 e. The van der Waals surface area contributed by atoms with E-state index in [4.69, 9.17) is 9.98 Å². The van der Waals surface area contributed by atoms with E-state index >= 15 is 0 Å². The maximum Gasteiger partial charge on any atom is 0.128 e. The standard InChI is InChI=1S/C36H54N2O2.Cr/c1-33(2,3)25-17-23(31(39)27(19-25)35(7,8)9)21-37-29-15-13-14-16-30(29)38-22-24-18-26(34(4,5)6)20-28(32(24)40)36(10,11)12;/h17-22,29-30,39-40H,13-16H2,1-12H3;. The molecular formula is C36H54CrN2O2. The number of phenols is 2. The van der Waals surface area contributed by atoms with Gasteiger partial charge in [0.2, 0.25) is 0 Å². The first-order valence-corrected chi connectivity index (χ1v) is 15.0. The van der Waals surface area contributed by atoms with Crippen LogP contribution in [0.15, 0.2) is 34.3 Å². The molecule has 0 aliphatic heterocycles. The first-order chi connectivity index (χ1) is 18.2. The van der Waals surface area contributed by atoms with Crippen LogP contribution in [0.25, 0.3) is 0 Å². The van der Waals surface area contributed by atoms with Gasteiger partial charge in [0, 0.05) is 52.0 Å². The Labute approximate surface area is 260 Å². The predicted molar refractivity (Wildman–Crippen MR) is 172 cm³/mol. The van der Waals surface area contributed by atoms with Crippen LogP contribution in [0.5, 0.6) is 11.5 Å². The Bertz CT molecular complexity index is 1170. The third-order valence-electron chi connectivity index (χ3n) is 8.13. The van der Waals surface area contributed by atoms with Crippen LogP contribution in [0.1, 0.15) is 142 Å². The molecule has 226 valence electrons. The van der Waals surface area contributed by atoms with Crippen molar-refractivity contribution in [3.8, 4) is 11.5 Å². The number of aliphatic imine (C=N–C) groups is 2. The van der Waals surface area contributed by atoms with E-state index in [0.717, 1.165) is 47.9 Å². The third-order valence-corrected chi connectivity index (χ3v) is 8.13. The fourth-order valence-electron chi connectivity index (χ4n) is 5.31. The number of hydrogen-bond donors (Lipinski definition) is 2. The Hall–Kier alpha value is -2.09. The van der Waals surface area contributed by atoms with Crippen LogP contribution < -0.4 is 0 Å². The first kappa shape index (κ1) is 35.1. The summed E-state index contributed by atoms with van der Waals surface area (Å²) in [6.45, 7) is 26.0. The average molecular weight is 599 g/mol. The minimum absolute atomic E-state index is 0. The second-order valence-electron chi connectivity index (χ2n) is 15.9. The third kappa shape index (κ3) is 8.71. The summed E-state index contributed by atoms with van der Waals surface area (Å²) < 4.78 is 0. The molecule has 0 radical (unpaired) electrons. The summed E-state index contributed by atoms with van der Waals surface area (Å²) in [6.07, 6.45) is 7.90. The van der Waals surface area contributed by atoms with Crippen molar-refractivity contribution >= 4 is 12.4 Å². The molecule has 41 heavy (non-hydrogen) atoms. The Morgan fingerprint density at radius 2 is 0.878 bits per heavy atom. The zero-order chi connectivity index (χ0) is 30.3. The summed E-state index contributed by atoms with van der Waals surface area (Å²) in [5.41, 5.74) is 5.39. The van der Waals surface area contributed by atoms with Gasteiger partial charge in [0.05, 0.1) is 12.1 Å². The number of benzene rings is 2. The minimum atomic E-state index is -0.179. The quantitative estimate of drug-likeness (QED) is 0.345. The van der Waals surface area contributed by atoms with Gasteiger partial charge < -0.3 is 10.2 Å². The van der Waals surface area contributed by atoms with Crippen molar-refractivity contribution in [1.82, 2.24) is 0 Å². The van der Waals surface area contributed by atoms with Crippen LogP contribution in [0.4, 0.5) is 0 Å². The van der Waals surface area contributed by atoms with Gasteiger partial charge in [-0.25, -0.2) is 0 Å². The van der Waals surface area contributed by atoms with E-state index < -0.39 is 0 Å². The maximum atomic E-state index is 11.2. The fraction of sp³-hybridized carbons (Fsp3) is 0.611. The molecule has 0 spiro atoms. The van der Waals surface area contributed by atoms with E-state index in [1.54, 1.807) is 0 Å². The van der Waals surface area contributed by atoms with E-state index in [1.165, 1.54) is 11.1 Å². The second kappa shape index (κ2) is 12.6. The number of hydrogen-bond acceptors (Lipinski definition) is 4. The Kier molecular flexibility index (Phi) is 10.8. The van der Waals surface area contributed by atoms with Gasteiger partial charge in [0.25, 0.3) is 0 Å². The van der Waals surface area contributed by atoms with Gasteiger partial charge in [0.1, 0.15) is 11.5 Å². The van der Waals surface area contributed by atoms with Gasteiger partial charge in [-0.1, -0.05) is 108 Å². The molecule has 2 aromatic rings. The molecule has 0 amide bonds. The van der Waals surface area contributed by atoms with Crippen molar-refractivity contribution < 1.29 is 27.6 Å². The van der Waals surface area contributed by atoms with E-state index in [9.17, 15) is 10.2 Å². The van der Waals surface area contributed by atoms with Crippen LogP contribution in [-0.4, -0.2) is 34.7 Å². The van der Waals surface area contributed by atoms with Crippen molar-refractivity contribution in [2.45, 2.75) is 143 Å². The van der Waals surface area contributed by atoms with Crippen molar-refractivity contribution in [3.63, 3.8) is 0 Å². The fourth-order valence-corrected chi connectivity index (χ4v) is 5.31. The van der Waals surface area contributed by atoms with Crippen molar-refractivity contribution in [1.29, 1.82) is 0 Å². The molecule has 5 heteroatoms. The molecule has 0 aromatic heterocycles. The van der Waals surface area contributed by atoms with Gasteiger partial charge in [-0.3, -0.25) is 9.98 Å². The number of nitrogens with zero attached hydrogens (tertiary/aromatic N) is 2. The molecule has 0 saturated heterocycles. The van der Waals surface area contributed by atoms with Gasteiger partial charge in [-0.15, -0.1) is 0 Å². The number of rotatable bonds is 4. The molecule has 4 nitrogen and oxygen atoms in total. The van der Waals surface area contributed by atoms with Gasteiger partial charge in [-0.05, 0) is 57.8 Å². The van der Waals surface area contributed by atoms with E-state index in [2.05, 4.69) is 107 Å². The molecular weight excluding hydrogens is 544 g/mol. The SMILES string of the molecule is CC(C)(C)c1cc(C=NC2CCCCC2N=Cc2cc(C(C)(C)C)cc(C(C)(C)C)c2O)c(O)c(C(C)(C)C)c1.[Cr]. The van der Waals surface area contributed by atoms with Crippen LogP contribution in [0.3, 0.4) is 0 Å². The molecule has 1 saturated carbocycles. The zero-order valence-electron chi connectivity index (χ0n) is 27.6.